The summed E-state index contributed by atoms with van der Waals surface area (Å²) in [4.78, 5) is 25.1. The van der Waals surface area contributed by atoms with Crippen molar-refractivity contribution in [3.63, 3.8) is 0 Å². The Kier molecular flexibility index (Phi) is 6.90. The van der Waals surface area contributed by atoms with Gasteiger partial charge in [0.25, 0.3) is 5.79 Å². The molecule has 4 aromatic rings. The van der Waals surface area contributed by atoms with Crippen molar-refractivity contribution in [3.05, 3.63) is 82.9 Å². The fourth-order valence-electron chi connectivity index (χ4n) is 4.36. The van der Waals surface area contributed by atoms with Crippen LogP contribution in [0.25, 0.3) is 16.6 Å². The summed E-state index contributed by atoms with van der Waals surface area (Å²) in [5.74, 6) is -2.07. The van der Waals surface area contributed by atoms with Gasteiger partial charge >= 0.3 is 11.9 Å². The average molecular weight is 533 g/mol. The number of nitrogens with zero attached hydrogens (tertiary/aromatic N) is 2. The lowest BCUT2D eigenvalue weighted by Crippen LogP contribution is -2.29. The van der Waals surface area contributed by atoms with Crippen LogP contribution in [-0.2, 0) is 31.3 Å². The highest BCUT2D eigenvalue weighted by Crippen LogP contribution is 2.46. The number of aromatic nitrogens is 2. The third-order valence-electron chi connectivity index (χ3n) is 6.39. The topological polar surface area (TPSA) is 139 Å². The number of hydrogen-bond donors (Lipinski definition) is 1. The van der Waals surface area contributed by atoms with Crippen molar-refractivity contribution in [1.82, 2.24) is 10.3 Å². The third kappa shape index (κ3) is 4.87. The number of aliphatic hydroxyl groups is 1. The summed E-state index contributed by atoms with van der Waals surface area (Å²) in [5, 5.41) is 19.6. The monoisotopic (exact) mass is 532 g/mol. The molecular weight excluding hydrogens is 508 g/mol. The number of methoxy groups -OCH3 is 3. The quantitative estimate of drug-likeness (QED) is 0.318. The van der Waals surface area contributed by atoms with Gasteiger partial charge in [-0.15, -0.1) is 0 Å². The van der Waals surface area contributed by atoms with Crippen LogP contribution in [0.15, 0.2) is 70.9 Å². The van der Waals surface area contributed by atoms with Crippen LogP contribution < -0.4 is 14.2 Å². The SMILES string of the molecule is COC(=O)COc1cc(OC)ccc1CC1=C(c2ccc3nonc3c2)C(=O)OC1(O)c1ccc(OC)cc1. The van der Waals surface area contributed by atoms with Crippen molar-refractivity contribution in [2.75, 3.05) is 27.9 Å². The second kappa shape index (κ2) is 10.5. The zero-order valence-corrected chi connectivity index (χ0v) is 21.3. The van der Waals surface area contributed by atoms with Gasteiger partial charge < -0.3 is 28.8 Å². The highest BCUT2D eigenvalue weighted by molar-refractivity contribution is 6.20. The molecule has 3 aromatic carbocycles. The van der Waals surface area contributed by atoms with Gasteiger partial charge in [0, 0.05) is 23.6 Å². The van der Waals surface area contributed by atoms with Crippen LogP contribution >= 0.6 is 0 Å². The van der Waals surface area contributed by atoms with Crippen molar-refractivity contribution in [2.45, 2.75) is 12.2 Å². The van der Waals surface area contributed by atoms with E-state index >= 15 is 0 Å². The number of benzene rings is 3. The van der Waals surface area contributed by atoms with Crippen LogP contribution in [0.4, 0.5) is 0 Å². The first-order valence-electron chi connectivity index (χ1n) is 11.8. The van der Waals surface area contributed by atoms with E-state index in [4.69, 9.17) is 28.3 Å². The van der Waals surface area contributed by atoms with Crippen molar-refractivity contribution < 1.29 is 43.0 Å². The summed E-state index contributed by atoms with van der Waals surface area (Å²) in [6, 6.07) is 16.5. The van der Waals surface area contributed by atoms with E-state index in [9.17, 15) is 14.7 Å². The molecule has 5 rings (SSSR count). The fraction of sp³-hybridized carbons (Fsp3) is 0.214. The maximum absolute atomic E-state index is 13.4. The molecule has 1 aliphatic heterocycles. The van der Waals surface area contributed by atoms with Crippen LogP contribution in [-0.4, -0.2) is 55.3 Å². The number of esters is 2. The Morgan fingerprint density at radius 1 is 0.923 bits per heavy atom. The Labute approximate surface area is 222 Å². The number of carbonyl (C=O) groups is 2. The molecule has 1 N–H and O–H groups in total. The van der Waals surface area contributed by atoms with Gasteiger partial charge in [-0.2, -0.15) is 0 Å². The summed E-state index contributed by atoms with van der Waals surface area (Å²) in [5.41, 5.74) is 2.66. The molecular formula is C28H24N2O9. The Bertz CT molecular complexity index is 1580. The Balaban J connectivity index is 1.66. The third-order valence-corrected chi connectivity index (χ3v) is 6.39. The predicted molar refractivity (Wildman–Crippen MR) is 136 cm³/mol. The molecule has 39 heavy (non-hydrogen) atoms. The summed E-state index contributed by atoms with van der Waals surface area (Å²) in [6.45, 7) is -0.351. The standard InChI is InChI=1S/C28H24N2O9/c1-34-19-9-6-18(7-10-19)28(33)21(12-16-4-8-20(35-2)14-24(16)37-15-25(31)36-3)26(27(32)38-28)17-5-11-22-23(13-17)30-39-29-22/h4-11,13-14,33H,12,15H2,1-3H3. The van der Waals surface area contributed by atoms with Gasteiger partial charge in [0.15, 0.2) is 6.61 Å². The molecule has 1 aromatic heterocycles. The lowest BCUT2D eigenvalue weighted by atomic mass is 9.87. The van der Waals surface area contributed by atoms with Crippen LogP contribution in [0.2, 0.25) is 0 Å². The molecule has 0 aliphatic carbocycles. The molecule has 11 nitrogen and oxygen atoms in total. The highest BCUT2D eigenvalue weighted by atomic mass is 16.7. The number of cyclic esters (lactones) is 1. The van der Waals surface area contributed by atoms with Crippen molar-refractivity contribution in [3.8, 4) is 17.2 Å². The van der Waals surface area contributed by atoms with Gasteiger partial charge in [0.2, 0.25) is 0 Å². The van der Waals surface area contributed by atoms with Gasteiger partial charge in [-0.25, -0.2) is 14.2 Å². The molecule has 200 valence electrons. The summed E-state index contributed by atoms with van der Waals surface area (Å²) in [6.07, 6.45) is 0.0131. The molecule has 0 fully saturated rings. The Morgan fingerprint density at radius 3 is 2.36 bits per heavy atom. The number of fused-ring (bicyclic) bond motifs is 1. The van der Waals surface area contributed by atoms with E-state index in [1.54, 1.807) is 60.7 Å². The lowest BCUT2D eigenvalue weighted by molar-refractivity contribution is -0.185. The van der Waals surface area contributed by atoms with Gasteiger partial charge in [-0.3, -0.25) is 0 Å². The largest absolute Gasteiger partial charge is 0.497 e. The molecule has 0 bridgehead atoms. The summed E-state index contributed by atoms with van der Waals surface area (Å²) >= 11 is 0. The molecule has 0 saturated heterocycles. The van der Waals surface area contributed by atoms with E-state index in [0.717, 1.165) is 0 Å². The van der Waals surface area contributed by atoms with Gasteiger partial charge in [0.1, 0.15) is 28.3 Å². The molecule has 1 unspecified atom stereocenters. The van der Waals surface area contributed by atoms with Gasteiger partial charge in [-0.05, 0) is 63.9 Å². The smallest absolute Gasteiger partial charge is 0.343 e. The molecule has 1 aliphatic rings. The zero-order valence-electron chi connectivity index (χ0n) is 21.3. The summed E-state index contributed by atoms with van der Waals surface area (Å²) < 4.78 is 31.4. The number of hydrogen-bond acceptors (Lipinski definition) is 11. The highest BCUT2D eigenvalue weighted by Gasteiger charge is 2.48. The minimum atomic E-state index is -2.12. The first-order chi connectivity index (χ1) is 18.9. The minimum Gasteiger partial charge on any atom is -0.497 e. The second-order valence-electron chi connectivity index (χ2n) is 8.60. The molecule has 11 heteroatoms. The van der Waals surface area contributed by atoms with Crippen molar-refractivity contribution in [2.24, 2.45) is 0 Å². The normalized spacial score (nSPS) is 16.8. The van der Waals surface area contributed by atoms with Crippen LogP contribution in [0.3, 0.4) is 0 Å². The maximum Gasteiger partial charge on any atom is 0.343 e. The maximum atomic E-state index is 13.4. The number of ether oxygens (including phenoxy) is 5. The Morgan fingerprint density at radius 2 is 1.64 bits per heavy atom. The van der Waals surface area contributed by atoms with Crippen LogP contribution in [0, 0.1) is 0 Å². The molecule has 0 spiro atoms. The summed E-state index contributed by atoms with van der Waals surface area (Å²) in [7, 11) is 4.28. The van der Waals surface area contributed by atoms with E-state index in [1.165, 1.54) is 21.3 Å². The molecule has 1 atom stereocenters. The zero-order chi connectivity index (χ0) is 27.6. The fourth-order valence-corrected chi connectivity index (χ4v) is 4.36. The lowest BCUT2D eigenvalue weighted by Gasteiger charge is -2.26. The number of rotatable bonds is 9. The first kappa shape index (κ1) is 25.7. The van der Waals surface area contributed by atoms with E-state index < -0.39 is 17.7 Å². The second-order valence-corrected chi connectivity index (χ2v) is 8.60. The van der Waals surface area contributed by atoms with E-state index in [-0.39, 0.29) is 24.2 Å². The number of carbonyl (C=O) groups excluding carboxylic acids is 2. The predicted octanol–water partition coefficient (Wildman–Crippen LogP) is 3.19. The molecule has 0 amide bonds. The Hall–Kier alpha value is -4.90. The van der Waals surface area contributed by atoms with Crippen molar-refractivity contribution in [1.29, 1.82) is 0 Å². The van der Waals surface area contributed by atoms with Gasteiger partial charge in [-0.1, -0.05) is 12.1 Å². The molecule has 0 radical (unpaired) electrons. The molecule has 0 saturated carbocycles. The first-order valence-corrected chi connectivity index (χ1v) is 11.8. The van der Waals surface area contributed by atoms with E-state index in [0.29, 0.717) is 45.0 Å². The van der Waals surface area contributed by atoms with Gasteiger partial charge in [0.05, 0.1) is 26.9 Å². The van der Waals surface area contributed by atoms with E-state index in [2.05, 4.69) is 10.3 Å². The minimum absolute atomic E-state index is 0.0131. The van der Waals surface area contributed by atoms with Crippen LogP contribution in [0.5, 0.6) is 17.2 Å². The van der Waals surface area contributed by atoms with E-state index in [1.807, 2.05) is 0 Å². The average Bonchev–Trinajstić information content (AvgIpc) is 3.53. The molecule has 2 heterocycles. The van der Waals surface area contributed by atoms with Crippen molar-refractivity contribution >= 4 is 28.5 Å². The van der Waals surface area contributed by atoms with Crippen LogP contribution in [0.1, 0.15) is 16.7 Å².